The average Bonchev–Trinajstić information content (AvgIpc) is 2.62. The summed E-state index contributed by atoms with van der Waals surface area (Å²) in [6.45, 7) is 7.04. The Balaban J connectivity index is 1.86. The first-order chi connectivity index (χ1) is 13.1. The van der Waals surface area contributed by atoms with Crippen molar-refractivity contribution < 1.29 is 27.8 Å². The van der Waals surface area contributed by atoms with Gasteiger partial charge < -0.3 is 14.8 Å². The first-order valence-corrected chi connectivity index (χ1v) is 8.75. The molecule has 0 fully saturated rings. The fraction of sp³-hybridized carbons (Fsp3) is 0.333. The molecule has 0 unspecified atom stereocenters. The lowest BCUT2D eigenvalue weighted by molar-refractivity contribution is -0.153. The molecule has 0 aliphatic rings. The molecule has 0 saturated carbocycles. The lowest BCUT2D eigenvalue weighted by Crippen LogP contribution is -2.30. The summed E-state index contributed by atoms with van der Waals surface area (Å²) in [6.07, 6.45) is -0.960. The molecule has 1 N–H and O–H groups in total. The van der Waals surface area contributed by atoms with Crippen molar-refractivity contribution in [3.05, 3.63) is 59.7 Å². The summed E-state index contributed by atoms with van der Waals surface area (Å²) in [6, 6.07) is 10.5. The van der Waals surface area contributed by atoms with Crippen LogP contribution in [0.1, 0.15) is 33.3 Å². The summed E-state index contributed by atoms with van der Waals surface area (Å²) >= 11 is 0. The molecule has 150 valence electrons. The molecule has 0 radical (unpaired) electrons. The van der Waals surface area contributed by atoms with Crippen molar-refractivity contribution >= 4 is 17.6 Å². The molecular weight excluding hydrogens is 368 g/mol. The van der Waals surface area contributed by atoms with Gasteiger partial charge in [-0.3, -0.25) is 4.79 Å². The van der Waals surface area contributed by atoms with E-state index in [-0.39, 0.29) is 5.41 Å². The van der Waals surface area contributed by atoms with Crippen LogP contribution in [0.2, 0.25) is 0 Å². The lowest BCUT2D eigenvalue weighted by atomic mass is 9.87. The number of hydrogen-bond donors (Lipinski definition) is 1. The number of esters is 1. The predicted molar refractivity (Wildman–Crippen MR) is 101 cm³/mol. The third-order valence-corrected chi connectivity index (χ3v) is 3.94. The number of carbonyl (C=O) groups excluding carboxylic acids is 2. The molecule has 7 heteroatoms. The molecule has 2 aromatic rings. The SMILES string of the molecule is C[C@@H](Oc1ccc(C(C)(C)C)cc1)C(=O)OCC(=O)Nc1c(F)cccc1F. The molecule has 0 heterocycles. The number of ether oxygens (including phenoxy) is 2. The van der Waals surface area contributed by atoms with Gasteiger partial charge in [-0.2, -0.15) is 0 Å². The third-order valence-electron chi connectivity index (χ3n) is 3.94. The number of rotatable bonds is 6. The maximum atomic E-state index is 13.5. The van der Waals surface area contributed by atoms with Crippen LogP contribution < -0.4 is 10.1 Å². The standard InChI is InChI=1S/C21H23F2NO4/c1-13(28-15-10-8-14(9-11-15)21(2,3)4)20(26)27-12-18(25)24-19-16(22)6-5-7-17(19)23/h5-11,13H,12H2,1-4H3,(H,24,25)/t13-/m1/s1. The van der Waals surface area contributed by atoms with Crippen LogP contribution in [0.4, 0.5) is 14.5 Å². The molecule has 0 aliphatic heterocycles. The predicted octanol–water partition coefficient (Wildman–Crippen LogP) is 4.21. The maximum Gasteiger partial charge on any atom is 0.347 e. The summed E-state index contributed by atoms with van der Waals surface area (Å²) < 4.78 is 37.4. The smallest absolute Gasteiger partial charge is 0.347 e. The number of para-hydroxylation sites is 1. The molecule has 0 saturated heterocycles. The van der Waals surface area contributed by atoms with Crippen LogP contribution in [0.15, 0.2) is 42.5 Å². The molecular formula is C21H23F2NO4. The van der Waals surface area contributed by atoms with Crippen LogP contribution >= 0.6 is 0 Å². The number of hydrogen-bond acceptors (Lipinski definition) is 4. The van der Waals surface area contributed by atoms with E-state index in [1.165, 1.54) is 13.0 Å². The van der Waals surface area contributed by atoms with Crippen LogP contribution in [0.5, 0.6) is 5.75 Å². The monoisotopic (exact) mass is 391 g/mol. The second-order valence-corrected chi connectivity index (χ2v) is 7.29. The molecule has 0 aromatic heterocycles. The fourth-order valence-corrected chi connectivity index (χ4v) is 2.33. The molecule has 1 atom stereocenters. The Morgan fingerprint density at radius 2 is 1.61 bits per heavy atom. The number of anilines is 1. The topological polar surface area (TPSA) is 64.6 Å². The number of amides is 1. The minimum absolute atomic E-state index is 0.00581. The zero-order valence-corrected chi connectivity index (χ0v) is 16.2. The Kier molecular flexibility index (Phi) is 6.72. The van der Waals surface area contributed by atoms with Gasteiger partial charge in [0.15, 0.2) is 12.7 Å². The van der Waals surface area contributed by atoms with Gasteiger partial charge in [-0.05, 0) is 42.2 Å². The Morgan fingerprint density at radius 1 is 1.04 bits per heavy atom. The highest BCUT2D eigenvalue weighted by molar-refractivity contribution is 5.93. The highest BCUT2D eigenvalue weighted by atomic mass is 19.1. The maximum absolute atomic E-state index is 13.5. The van der Waals surface area contributed by atoms with Crippen LogP contribution in [-0.4, -0.2) is 24.6 Å². The highest BCUT2D eigenvalue weighted by Gasteiger charge is 2.20. The van der Waals surface area contributed by atoms with Gasteiger partial charge >= 0.3 is 5.97 Å². The molecule has 2 aromatic carbocycles. The molecule has 28 heavy (non-hydrogen) atoms. The lowest BCUT2D eigenvalue weighted by Gasteiger charge is -2.20. The Labute approximate surface area is 162 Å². The number of nitrogens with one attached hydrogen (secondary N) is 1. The molecule has 0 aliphatic carbocycles. The summed E-state index contributed by atoms with van der Waals surface area (Å²) in [5, 5.41) is 2.04. The first-order valence-electron chi connectivity index (χ1n) is 8.75. The van der Waals surface area contributed by atoms with Crippen molar-refractivity contribution in [2.75, 3.05) is 11.9 Å². The third kappa shape index (κ3) is 5.77. The van der Waals surface area contributed by atoms with E-state index in [1.54, 1.807) is 12.1 Å². The first kappa shape index (κ1) is 21.3. The fourth-order valence-electron chi connectivity index (χ4n) is 2.33. The molecule has 1 amide bonds. The Morgan fingerprint density at radius 3 is 2.14 bits per heavy atom. The minimum atomic E-state index is -0.960. The molecule has 2 rings (SSSR count). The largest absolute Gasteiger partial charge is 0.479 e. The van der Waals surface area contributed by atoms with E-state index in [2.05, 4.69) is 20.8 Å². The van der Waals surface area contributed by atoms with Crippen molar-refractivity contribution in [3.63, 3.8) is 0 Å². The Hall–Kier alpha value is -2.96. The van der Waals surface area contributed by atoms with E-state index in [1.807, 2.05) is 17.4 Å². The van der Waals surface area contributed by atoms with E-state index in [4.69, 9.17) is 9.47 Å². The number of benzene rings is 2. The van der Waals surface area contributed by atoms with Crippen LogP contribution in [0.3, 0.4) is 0 Å². The normalized spacial score (nSPS) is 12.2. The summed E-state index contributed by atoms with van der Waals surface area (Å²) in [4.78, 5) is 23.8. The van der Waals surface area contributed by atoms with Crippen molar-refractivity contribution in [1.82, 2.24) is 0 Å². The summed E-state index contributed by atoms with van der Waals surface area (Å²) in [5.41, 5.74) is 0.521. The van der Waals surface area contributed by atoms with E-state index >= 15 is 0 Å². The van der Waals surface area contributed by atoms with Gasteiger partial charge in [-0.15, -0.1) is 0 Å². The highest BCUT2D eigenvalue weighted by Crippen LogP contribution is 2.24. The zero-order chi connectivity index (χ0) is 20.9. The molecule has 0 bridgehead atoms. The average molecular weight is 391 g/mol. The zero-order valence-electron chi connectivity index (χ0n) is 16.2. The van der Waals surface area contributed by atoms with Gasteiger partial charge in [0.25, 0.3) is 5.91 Å². The second kappa shape index (κ2) is 8.82. The van der Waals surface area contributed by atoms with Crippen molar-refractivity contribution in [2.45, 2.75) is 39.2 Å². The van der Waals surface area contributed by atoms with Crippen LogP contribution in [0, 0.1) is 11.6 Å². The van der Waals surface area contributed by atoms with Crippen LogP contribution in [0.25, 0.3) is 0 Å². The van der Waals surface area contributed by atoms with E-state index < -0.39 is 41.9 Å². The quantitative estimate of drug-likeness (QED) is 0.749. The van der Waals surface area contributed by atoms with Crippen molar-refractivity contribution in [1.29, 1.82) is 0 Å². The number of carbonyl (C=O) groups is 2. The summed E-state index contributed by atoms with van der Waals surface area (Å²) in [7, 11) is 0. The summed E-state index contributed by atoms with van der Waals surface area (Å²) in [5.74, 6) is -3.00. The molecule has 5 nitrogen and oxygen atoms in total. The van der Waals surface area contributed by atoms with E-state index in [0.717, 1.165) is 17.7 Å². The van der Waals surface area contributed by atoms with Gasteiger partial charge in [-0.25, -0.2) is 13.6 Å². The van der Waals surface area contributed by atoms with Gasteiger partial charge in [0.05, 0.1) is 0 Å². The molecule has 0 spiro atoms. The van der Waals surface area contributed by atoms with E-state index in [0.29, 0.717) is 5.75 Å². The second-order valence-electron chi connectivity index (χ2n) is 7.29. The van der Waals surface area contributed by atoms with Crippen LogP contribution in [-0.2, 0) is 19.7 Å². The van der Waals surface area contributed by atoms with Gasteiger partial charge in [0.2, 0.25) is 0 Å². The Bertz CT molecular complexity index is 824. The van der Waals surface area contributed by atoms with Gasteiger partial charge in [0, 0.05) is 0 Å². The van der Waals surface area contributed by atoms with E-state index in [9.17, 15) is 18.4 Å². The van der Waals surface area contributed by atoms with Gasteiger partial charge in [0.1, 0.15) is 23.1 Å². The van der Waals surface area contributed by atoms with Crippen molar-refractivity contribution in [2.24, 2.45) is 0 Å². The van der Waals surface area contributed by atoms with Gasteiger partial charge in [-0.1, -0.05) is 39.0 Å². The van der Waals surface area contributed by atoms with Crippen molar-refractivity contribution in [3.8, 4) is 5.75 Å². The number of halogens is 2. The minimum Gasteiger partial charge on any atom is -0.479 e.